The Morgan fingerprint density at radius 1 is 1.45 bits per heavy atom. The van der Waals surface area contributed by atoms with Crippen molar-refractivity contribution < 1.29 is 13.2 Å². The van der Waals surface area contributed by atoms with Crippen LogP contribution in [0.3, 0.4) is 0 Å². The Bertz CT molecular complexity index is 645. The molecule has 0 saturated heterocycles. The molecule has 1 heterocycles. The smallest absolute Gasteiger partial charge is 0.261 e. The molecule has 1 aliphatic carbocycles. The van der Waals surface area contributed by atoms with Gasteiger partial charge in [-0.3, -0.25) is 4.79 Å². The highest BCUT2D eigenvalue weighted by molar-refractivity contribution is 7.91. The van der Waals surface area contributed by atoms with Crippen LogP contribution in [0.25, 0.3) is 0 Å². The van der Waals surface area contributed by atoms with Gasteiger partial charge >= 0.3 is 0 Å². The lowest BCUT2D eigenvalue weighted by atomic mass is 10.0. The van der Waals surface area contributed by atoms with Crippen LogP contribution < -0.4 is 16.8 Å². The summed E-state index contributed by atoms with van der Waals surface area (Å²) < 4.78 is 23.7. The molecular formula is C12H19N3O3S2. The first-order valence-corrected chi connectivity index (χ1v) is 9.07. The fourth-order valence-corrected chi connectivity index (χ4v) is 4.61. The maximum atomic E-state index is 11.9. The Kier molecular flexibility index (Phi) is 3.72. The van der Waals surface area contributed by atoms with Gasteiger partial charge in [-0.25, -0.2) is 8.42 Å². The fourth-order valence-electron chi connectivity index (χ4n) is 2.20. The number of hydrogen-bond donors (Lipinski definition) is 3. The first-order chi connectivity index (χ1) is 9.20. The summed E-state index contributed by atoms with van der Waals surface area (Å²) in [6.07, 6.45) is 4.38. The Balaban J connectivity index is 2.36. The van der Waals surface area contributed by atoms with Crippen molar-refractivity contribution >= 4 is 37.8 Å². The van der Waals surface area contributed by atoms with E-state index in [0.29, 0.717) is 11.5 Å². The molecule has 0 atom stereocenters. The molecule has 1 aromatic rings. The van der Waals surface area contributed by atoms with E-state index in [2.05, 4.69) is 12.2 Å². The van der Waals surface area contributed by atoms with E-state index < -0.39 is 15.7 Å². The summed E-state index contributed by atoms with van der Waals surface area (Å²) in [6.45, 7) is 2.80. The minimum absolute atomic E-state index is 0.0109. The molecule has 112 valence electrons. The molecule has 0 aromatic carbocycles. The SMILES string of the molecule is CCC1(CNc2sc(C(N)=O)c(N)c2S(C)(=O)=O)CC1. The van der Waals surface area contributed by atoms with E-state index in [0.717, 1.165) is 36.9 Å². The highest BCUT2D eigenvalue weighted by Gasteiger charge is 2.40. The number of amides is 1. The quantitative estimate of drug-likeness (QED) is 0.734. The monoisotopic (exact) mass is 317 g/mol. The zero-order valence-corrected chi connectivity index (χ0v) is 13.2. The first kappa shape index (κ1) is 15.1. The van der Waals surface area contributed by atoms with Gasteiger partial charge in [0.15, 0.2) is 9.84 Å². The second kappa shape index (κ2) is 4.92. The van der Waals surface area contributed by atoms with Crippen molar-refractivity contribution in [2.75, 3.05) is 23.9 Å². The number of sulfone groups is 1. The molecule has 0 aliphatic heterocycles. The van der Waals surface area contributed by atoms with Gasteiger partial charge in [0.1, 0.15) is 14.8 Å². The topological polar surface area (TPSA) is 115 Å². The number of carbonyl (C=O) groups is 1. The number of carbonyl (C=O) groups excluding carboxylic acids is 1. The van der Waals surface area contributed by atoms with E-state index in [9.17, 15) is 13.2 Å². The standard InChI is InChI=1S/C12H19N3O3S2/c1-3-12(4-5-12)6-15-11-9(20(2,17)18)7(13)8(19-11)10(14)16/h15H,3-6,13H2,1-2H3,(H2,14,16). The minimum Gasteiger partial charge on any atom is -0.396 e. The average Bonchev–Trinajstić information content (AvgIpc) is 3.03. The largest absolute Gasteiger partial charge is 0.396 e. The van der Waals surface area contributed by atoms with Crippen LogP contribution in [-0.2, 0) is 9.84 Å². The van der Waals surface area contributed by atoms with Crippen molar-refractivity contribution in [2.45, 2.75) is 31.1 Å². The Labute approximate surface area is 122 Å². The predicted molar refractivity (Wildman–Crippen MR) is 80.8 cm³/mol. The van der Waals surface area contributed by atoms with Gasteiger partial charge in [0.05, 0.1) is 5.69 Å². The normalized spacial score (nSPS) is 16.9. The zero-order valence-electron chi connectivity index (χ0n) is 11.5. The third-order valence-corrected chi connectivity index (χ3v) is 6.30. The molecule has 0 radical (unpaired) electrons. The molecule has 6 nitrogen and oxygen atoms in total. The number of primary amides is 1. The summed E-state index contributed by atoms with van der Waals surface area (Å²) in [5.74, 6) is -0.706. The van der Waals surface area contributed by atoms with Crippen LogP contribution in [0.2, 0.25) is 0 Å². The van der Waals surface area contributed by atoms with E-state index in [4.69, 9.17) is 11.5 Å². The fraction of sp³-hybridized carbons (Fsp3) is 0.583. The van der Waals surface area contributed by atoms with Crippen molar-refractivity contribution in [1.82, 2.24) is 0 Å². The number of rotatable bonds is 6. The summed E-state index contributed by atoms with van der Waals surface area (Å²) in [5, 5.41) is 3.56. The highest BCUT2D eigenvalue weighted by Crippen LogP contribution is 2.49. The van der Waals surface area contributed by atoms with Crippen molar-refractivity contribution in [2.24, 2.45) is 11.1 Å². The zero-order chi connectivity index (χ0) is 15.1. The van der Waals surface area contributed by atoms with Crippen molar-refractivity contribution in [3.05, 3.63) is 4.88 Å². The van der Waals surface area contributed by atoms with Gasteiger partial charge in [-0.1, -0.05) is 6.92 Å². The molecule has 1 aromatic heterocycles. The summed E-state index contributed by atoms with van der Waals surface area (Å²) in [4.78, 5) is 11.4. The number of nitrogens with one attached hydrogen (secondary N) is 1. The van der Waals surface area contributed by atoms with Crippen LogP contribution in [0.15, 0.2) is 4.90 Å². The number of nitrogens with two attached hydrogens (primary N) is 2. The van der Waals surface area contributed by atoms with Crippen LogP contribution >= 0.6 is 11.3 Å². The van der Waals surface area contributed by atoms with Gasteiger partial charge in [0, 0.05) is 12.8 Å². The van der Waals surface area contributed by atoms with E-state index >= 15 is 0 Å². The lowest BCUT2D eigenvalue weighted by Crippen LogP contribution is -2.15. The molecule has 1 aliphatic rings. The van der Waals surface area contributed by atoms with Crippen LogP contribution in [-0.4, -0.2) is 27.1 Å². The lowest BCUT2D eigenvalue weighted by molar-refractivity contribution is 0.100. The Morgan fingerprint density at radius 3 is 2.45 bits per heavy atom. The number of nitrogen functional groups attached to an aromatic ring is 1. The molecule has 1 fully saturated rings. The van der Waals surface area contributed by atoms with Crippen molar-refractivity contribution in [3.8, 4) is 0 Å². The van der Waals surface area contributed by atoms with Gasteiger partial charge in [0.2, 0.25) is 0 Å². The van der Waals surface area contributed by atoms with Gasteiger partial charge in [-0.05, 0) is 24.7 Å². The molecule has 8 heteroatoms. The van der Waals surface area contributed by atoms with E-state index in [1.54, 1.807) is 0 Å². The van der Waals surface area contributed by atoms with Gasteiger partial charge < -0.3 is 16.8 Å². The van der Waals surface area contributed by atoms with Gasteiger partial charge in [-0.15, -0.1) is 11.3 Å². The van der Waals surface area contributed by atoms with Crippen molar-refractivity contribution in [1.29, 1.82) is 0 Å². The van der Waals surface area contributed by atoms with Crippen LogP contribution in [0.1, 0.15) is 35.9 Å². The summed E-state index contributed by atoms with van der Waals surface area (Å²) in [6, 6.07) is 0. The summed E-state index contributed by atoms with van der Waals surface area (Å²) in [7, 11) is -3.52. The van der Waals surface area contributed by atoms with E-state index in [1.807, 2.05) is 0 Å². The second-order valence-corrected chi connectivity index (χ2v) is 8.32. The number of anilines is 2. The first-order valence-electron chi connectivity index (χ1n) is 6.36. The minimum atomic E-state index is -3.52. The number of thiophene rings is 1. The molecule has 2 rings (SSSR count). The van der Waals surface area contributed by atoms with E-state index in [-0.39, 0.29) is 20.9 Å². The van der Waals surface area contributed by atoms with E-state index in [1.165, 1.54) is 0 Å². The summed E-state index contributed by atoms with van der Waals surface area (Å²) in [5.41, 5.74) is 11.2. The maximum Gasteiger partial charge on any atom is 0.261 e. The molecule has 5 N–H and O–H groups in total. The molecule has 0 spiro atoms. The lowest BCUT2D eigenvalue weighted by Gasteiger charge is -2.14. The van der Waals surface area contributed by atoms with Gasteiger partial charge in [-0.2, -0.15) is 0 Å². The van der Waals surface area contributed by atoms with Crippen LogP contribution in [0, 0.1) is 5.41 Å². The van der Waals surface area contributed by atoms with Gasteiger partial charge in [0.25, 0.3) is 5.91 Å². The van der Waals surface area contributed by atoms with Crippen LogP contribution in [0.4, 0.5) is 10.7 Å². The predicted octanol–water partition coefficient (Wildman–Crippen LogP) is 1.43. The Hall–Kier alpha value is -1.28. The maximum absolute atomic E-state index is 11.9. The third kappa shape index (κ3) is 2.76. The molecular weight excluding hydrogens is 298 g/mol. The molecule has 20 heavy (non-hydrogen) atoms. The van der Waals surface area contributed by atoms with Crippen LogP contribution in [0.5, 0.6) is 0 Å². The molecule has 1 saturated carbocycles. The third-order valence-electron chi connectivity index (χ3n) is 3.83. The highest BCUT2D eigenvalue weighted by atomic mass is 32.2. The molecule has 0 unspecified atom stereocenters. The average molecular weight is 317 g/mol. The van der Waals surface area contributed by atoms with Crippen molar-refractivity contribution in [3.63, 3.8) is 0 Å². The molecule has 0 bridgehead atoms. The number of hydrogen-bond acceptors (Lipinski definition) is 6. The Morgan fingerprint density at radius 2 is 2.05 bits per heavy atom. The molecule has 1 amide bonds. The summed E-state index contributed by atoms with van der Waals surface area (Å²) >= 11 is 1.01. The second-order valence-electron chi connectivity index (χ2n) is 5.35.